The number of carbonyl (C=O) groups is 13. The standard InChI is InChI=1S/C83H129ClN12O25P2/c1-15-53(7)70-75(101)90-58(12)79(105)120-71(54(8)16-2)56(10)66(41-32-55(9)78(104)118-67(47-51(3)4)73(99)89-57(11)76(102)96(14)65(48-59-33-37-61(84)38-34-59)77(103)95(13)49-68(97)93-70)119-82(108)88-43-25-21-27-46-116-123(112,113)121-122(110,111)115-45-26-20-24-42-87-81(107)114-50-60-35-39-62(40-36-60)91-72(98)64(31-28-44-86-80(85)106)92-74(100)69(52(5)6)94-83(109)117-63-29-22-18-17-19-23-30-63/h16-18,32-40,51-53,56-58,63-67,69-71H,15,19-31,41-50H2,1-14H3,(H,87,107)(H,88,108)(H,89,99)(H,90,101)(H,91,98)(H,92,100)(H,93,97)(H,94,109)(H,110,111)(H,112,113)(H3,85,86,106)/b18-17-,54-16+,55-32-/t53-,56+,57+,58-,63?,64-,65-,66+,67-,69-,70+,71-/m1/s1. The average molecular weight is 1790 g/mol. The fourth-order valence-electron chi connectivity index (χ4n) is 12.9. The Labute approximate surface area is 725 Å². The van der Waals surface area contributed by atoms with Crippen LogP contribution in [-0.2, 0) is 102 Å². The number of benzene rings is 2. The van der Waals surface area contributed by atoms with Crippen molar-refractivity contribution in [1.29, 1.82) is 0 Å². The largest absolute Gasteiger partial charge is 0.481 e. The number of hydrogen-bond acceptors (Lipinski definition) is 23. The Kier molecular flexibility index (Phi) is 46.7. The van der Waals surface area contributed by atoms with E-state index in [4.69, 9.17) is 50.1 Å². The van der Waals surface area contributed by atoms with Crippen molar-refractivity contribution in [2.24, 2.45) is 29.4 Å². The molecule has 123 heavy (non-hydrogen) atoms. The average Bonchev–Trinajstić information content (AvgIpc) is 0.846. The molecular formula is C83H129ClN12O25P2. The fraction of sp³-hybridized carbons (Fsp3) is 0.627. The van der Waals surface area contributed by atoms with Crippen LogP contribution < -0.4 is 53.6 Å². The summed E-state index contributed by atoms with van der Waals surface area (Å²) in [4.78, 5) is 200. The van der Waals surface area contributed by atoms with Crippen LogP contribution in [0.1, 0.15) is 197 Å². The molecule has 2 aromatic rings. The quantitative estimate of drug-likeness (QED) is 0.00984. The predicted molar refractivity (Wildman–Crippen MR) is 457 cm³/mol. The fourth-order valence-corrected chi connectivity index (χ4v) is 15.1. The number of allylic oxidation sites excluding steroid dienone is 3. The first-order valence-corrected chi connectivity index (χ1v) is 45.1. The molecule has 1 aliphatic carbocycles. The third-order valence-electron chi connectivity index (χ3n) is 20.4. The number of nitrogens with two attached hydrogens (primary N) is 1. The Hall–Kier alpha value is -9.48. The van der Waals surface area contributed by atoms with Crippen molar-refractivity contribution in [3.63, 3.8) is 0 Å². The Balaban J connectivity index is 1.30. The van der Waals surface area contributed by atoms with Crippen molar-refractivity contribution in [3.8, 4) is 0 Å². The van der Waals surface area contributed by atoms with Crippen LogP contribution in [0.25, 0.3) is 0 Å². The van der Waals surface area contributed by atoms with Gasteiger partial charge in [0.2, 0.25) is 35.4 Å². The molecule has 4 rings (SSSR count). The first kappa shape index (κ1) is 106. The number of carbonyl (C=O) groups excluding carboxylic acids is 13. The topological polar surface area (TPSA) is 511 Å². The van der Waals surface area contributed by atoms with Crippen LogP contribution in [0.4, 0.5) is 24.9 Å². The molecule has 1 heterocycles. The summed E-state index contributed by atoms with van der Waals surface area (Å²) in [5.74, 6) is -8.71. The second kappa shape index (κ2) is 54.3. The number of esters is 2. The van der Waals surface area contributed by atoms with Crippen LogP contribution in [-0.4, -0.2) is 211 Å². The van der Waals surface area contributed by atoms with E-state index in [1.54, 1.807) is 117 Å². The van der Waals surface area contributed by atoms with E-state index in [-0.39, 0.29) is 114 Å². The molecular weight excluding hydrogens is 1660 g/mol. The number of unbranched alkanes of at least 4 members (excludes halogenated alkanes) is 4. The van der Waals surface area contributed by atoms with Crippen LogP contribution >= 0.6 is 27.2 Å². The first-order chi connectivity index (χ1) is 58.0. The number of rotatable bonds is 37. The molecule has 13 N–H and O–H groups in total. The van der Waals surface area contributed by atoms with E-state index in [2.05, 4.69) is 58.2 Å². The lowest BCUT2D eigenvalue weighted by Gasteiger charge is -2.33. The second-order valence-electron chi connectivity index (χ2n) is 31.5. The molecule has 0 bridgehead atoms. The van der Waals surface area contributed by atoms with Crippen molar-refractivity contribution in [3.05, 3.63) is 100 Å². The third kappa shape index (κ3) is 39.9. The molecule has 0 aromatic heterocycles. The van der Waals surface area contributed by atoms with Gasteiger partial charge >= 0.3 is 51.9 Å². The molecule has 0 radical (unpaired) electrons. The summed E-state index contributed by atoms with van der Waals surface area (Å²) in [5, 5.41) is 24.2. The van der Waals surface area contributed by atoms with Gasteiger partial charge in [-0.3, -0.25) is 42.6 Å². The highest BCUT2D eigenvalue weighted by molar-refractivity contribution is 7.61. The van der Waals surface area contributed by atoms with E-state index in [1.165, 1.54) is 40.9 Å². The number of phosphoric ester groups is 2. The highest BCUT2D eigenvalue weighted by atomic mass is 35.5. The predicted octanol–water partition coefficient (Wildman–Crippen LogP) is 9.65. The number of primary amides is 1. The SMILES string of the molecule is C/C=C(\C)[C@H]1OC(=O)[C@@H](C)NC(=O)[C@H]([C@H](C)CC)NC(=O)CN(C)C(=O)[C@@H](Cc2ccc(Cl)cc2)N(C)C(=O)[C@H](C)NC(=O)[C@@H](CC(C)C)OC(=O)/C(C)=C\C[C@H](OC(=O)NCCCCCOP(=O)(O)OP(=O)(O)OCCCCCNC(=O)OCc2ccc(NC(=O)[C@@H](CCCNC(N)=O)NC(=O)[C@H](NC(=O)OC3CC/C=C\CCC3)C(C)C)cc2)[C@@H]1C. The van der Waals surface area contributed by atoms with E-state index < -0.39 is 173 Å². The maximum Gasteiger partial charge on any atom is 0.481 e. The summed E-state index contributed by atoms with van der Waals surface area (Å²) in [5.41, 5.74) is 7.20. The lowest BCUT2D eigenvalue weighted by Crippen LogP contribution is -2.57. The molecule has 2 aliphatic rings. The number of urea groups is 1. The second-order valence-corrected chi connectivity index (χ2v) is 35.0. The molecule has 2 aromatic carbocycles. The summed E-state index contributed by atoms with van der Waals surface area (Å²) in [6, 6.07) is 4.93. The molecule has 688 valence electrons. The molecule has 12 amide bonds. The van der Waals surface area contributed by atoms with Crippen molar-refractivity contribution >= 4 is 111 Å². The van der Waals surface area contributed by atoms with Gasteiger partial charge in [-0.1, -0.05) is 115 Å². The number of anilines is 1. The van der Waals surface area contributed by atoms with Gasteiger partial charge in [-0.05, 0) is 183 Å². The number of nitrogens with zero attached hydrogens (tertiary/aromatic N) is 2. The summed E-state index contributed by atoms with van der Waals surface area (Å²) >= 11 is 6.18. The minimum absolute atomic E-state index is 0.0169. The first-order valence-electron chi connectivity index (χ1n) is 41.8. The zero-order valence-corrected chi connectivity index (χ0v) is 75.6. The minimum atomic E-state index is -5.16. The number of halogens is 1. The van der Waals surface area contributed by atoms with E-state index in [1.807, 2.05) is 6.08 Å². The van der Waals surface area contributed by atoms with Crippen molar-refractivity contribution < 1.29 is 118 Å². The van der Waals surface area contributed by atoms with Crippen molar-refractivity contribution in [1.82, 2.24) is 52.3 Å². The van der Waals surface area contributed by atoms with Gasteiger partial charge in [-0.15, -0.1) is 0 Å². The monoisotopic (exact) mass is 1790 g/mol. The Morgan fingerprint density at radius 3 is 1.91 bits per heavy atom. The zero-order chi connectivity index (χ0) is 91.7. The van der Waals surface area contributed by atoms with Gasteiger partial charge in [0.1, 0.15) is 61.2 Å². The van der Waals surface area contributed by atoms with Crippen LogP contribution in [0.15, 0.2) is 84.0 Å². The number of alkyl carbamates (subject to hydrolysis) is 3. The molecule has 0 fully saturated rings. The van der Waals surface area contributed by atoms with E-state index in [9.17, 15) is 81.2 Å². The number of phosphoric acid groups is 2. The van der Waals surface area contributed by atoms with Gasteiger partial charge in [0.25, 0.3) is 5.91 Å². The summed E-state index contributed by atoms with van der Waals surface area (Å²) in [6.07, 6.45) is 6.56. The highest BCUT2D eigenvalue weighted by Crippen LogP contribution is 2.60. The lowest BCUT2D eigenvalue weighted by molar-refractivity contribution is -0.155. The van der Waals surface area contributed by atoms with Gasteiger partial charge in [0, 0.05) is 68.8 Å². The Morgan fingerprint density at radius 1 is 0.707 bits per heavy atom. The molecule has 1 aliphatic heterocycles. The van der Waals surface area contributed by atoms with Gasteiger partial charge < -0.3 is 96.9 Å². The van der Waals surface area contributed by atoms with E-state index >= 15 is 0 Å². The molecule has 0 saturated heterocycles. The third-order valence-corrected chi connectivity index (χ3v) is 23.4. The molecule has 37 nitrogen and oxygen atoms in total. The number of likely N-dealkylation sites (N-methyl/N-ethyl adjacent to an activating group) is 2. The summed E-state index contributed by atoms with van der Waals surface area (Å²) in [7, 11) is -7.57. The van der Waals surface area contributed by atoms with Gasteiger partial charge in [0.05, 0.1) is 19.8 Å². The van der Waals surface area contributed by atoms with Crippen LogP contribution in [0.3, 0.4) is 0 Å². The van der Waals surface area contributed by atoms with Gasteiger partial charge in [-0.25, -0.2) is 37.9 Å². The smallest absolute Gasteiger partial charge is 0.456 e. The molecule has 14 atom stereocenters. The molecule has 0 saturated carbocycles. The van der Waals surface area contributed by atoms with Crippen LogP contribution in [0.2, 0.25) is 5.02 Å². The summed E-state index contributed by atoms with van der Waals surface area (Å²) < 4.78 is 68.6. The van der Waals surface area contributed by atoms with Crippen molar-refractivity contribution in [2.45, 2.75) is 260 Å². The van der Waals surface area contributed by atoms with Gasteiger partial charge in [-0.2, -0.15) is 4.31 Å². The van der Waals surface area contributed by atoms with Crippen LogP contribution in [0, 0.1) is 23.7 Å². The lowest BCUT2D eigenvalue weighted by atomic mass is 9.90. The minimum Gasteiger partial charge on any atom is -0.456 e. The summed E-state index contributed by atoms with van der Waals surface area (Å²) in [6.45, 7) is 18.4. The highest BCUT2D eigenvalue weighted by Gasteiger charge is 2.40. The molecule has 3 unspecified atom stereocenters. The Bertz CT molecular complexity index is 4020. The zero-order valence-electron chi connectivity index (χ0n) is 73.0. The van der Waals surface area contributed by atoms with Crippen LogP contribution in [0.5, 0.6) is 0 Å². The number of ether oxygens (including phenoxy) is 5. The number of amides is 12. The number of nitrogens with one attached hydrogen (secondary N) is 9. The maximum atomic E-state index is 14.4. The number of cyclic esters (lactones) is 2. The maximum absolute atomic E-state index is 14.4. The van der Waals surface area contributed by atoms with Crippen molar-refractivity contribution in [2.75, 3.05) is 58.8 Å². The number of hydrogen-bond donors (Lipinski definition) is 12. The normalized spacial score (nSPS) is 22.9. The van der Waals surface area contributed by atoms with Gasteiger partial charge in [0.15, 0.2) is 6.10 Å². The Morgan fingerprint density at radius 2 is 1.31 bits per heavy atom. The molecule has 0 spiro atoms. The van der Waals surface area contributed by atoms with E-state index in [0.29, 0.717) is 59.5 Å². The molecule has 40 heteroatoms. The van der Waals surface area contributed by atoms with E-state index in [0.717, 1.165) is 29.1 Å².